The fourth-order valence-corrected chi connectivity index (χ4v) is 3.13. The molecule has 1 amide bonds. The Balaban J connectivity index is 2.05. The molecule has 1 aromatic carbocycles. The van der Waals surface area contributed by atoms with E-state index in [4.69, 9.17) is 0 Å². The van der Waals surface area contributed by atoms with Gasteiger partial charge in [-0.25, -0.2) is 13.8 Å². The molecule has 2 rings (SSSR count). The lowest BCUT2D eigenvalue weighted by atomic mass is 10.2. The molecule has 0 fully saturated rings. The number of hydrogen-bond donors (Lipinski definition) is 1. The van der Waals surface area contributed by atoms with Crippen LogP contribution in [0.25, 0.3) is 0 Å². The van der Waals surface area contributed by atoms with Gasteiger partial charge >= 0.3 is 0 Å². The van der Waals surface area contributed by atoms with Crippen molar-refractivity contribution in [3.05, 3.63) is 40.4 Å². The van der Waals surface area contributed by atoms with E-state index in [1.54, 1.807) is 4.90 Å². The van der Waals surface area contributed by atoms with Crippen LogP contribution in [-0.4, -0.2) is 24.0 Å². The van der Waals surface area contributed by atoms with Gasteiger partial charge in [-0.15, -0.1) is 11.3 Å². The fourth-order valence-electron chi connectivity index (χ4n) is 2.21. The first-order valence-corrected chi connectivity index (χ1v) is 8.22. The normalized spacial score (nSPS) is 10.7. The molecular formula is C16H19F2N3OS. The maximum atomic E-state index is 13.3. The number of benzene rings is 1. The number of hydrogen-bond acceptors (Lipinski definition) is 4. The van der Waals surface area contributed by atoms with Crippen LogP contribution in [0, 0.1) is 18.6 Å². The number of nitrogens with one attached hydrogen (secondary N) is 1. The van der Waals surface area contributed by atoms with Gasteiger partial charge in [-0.1, -0.05) is 6.92 Å². The minimum atomic E-state index is -0.926. The van der Waals surface area contributed by atoms with Crippen LogP contribution in [0.2, 0.25) is 0 Å². The summed E-state index contributed by atoms with van der Waals surface area (Å²) >= 11 is 1.43. The third-order valence-electron chi connectivity index (χ3n) is 3.46. The van der Waals surface area contributed by atoms with Gasteiger partial charge in [-0.05, 0) is 32.4 Å². The third-order valence-corrected chi connectivity index (χ3v) is 4.39. The zero-order valence-electron chi connectivity index (χ0n) is 13.3. The summed E-state index contributed by atoms with van der Waals surface area (Å²) < 4.78 is 26.3. The van der Waals surface area contributed by atoms with Crippen molar-refractivity contribution in [2.75, 3.05) is 23.3 Å². The van der Waals surface area contributed by atoms with Gasteiger partial charge in [0, 0.05) is 23.2 Å². The highest BCUT2D eigenvalue weighted by atomic mass is 32.1. The molecule has 1 N–H and O–H groups in total. The van der Waals surface area contributed by atoms with E-state index >= 15 is 0 Å². The minimum Gasteiger partial charge on any atom is -0.362 e. The van der Waals surface area contributed by atoms with Crippen LogP contribution in [0.1, 0.15) is 24.4 Å². The van der Waals surface area contributed by atoms with Gasteiger partial charge in [-0.2, -0.15) is 0 Å². The highest BCUT2D eigenvalue weighted by Crippen LogP contribution is 2.23. The molecule has 0 bridgehead atoms. The zero-order chi connectivity index (χ0) is 17.0. The second-order valence-electron chi connectivity index (χ2n) is 5.04. The predicted octanol–water partition coefficient (Wildman–Crippen LogP) is 3.76. The van der Waals surface area contributed by atoms with Gasteiger partial charge < -0.3 is 10.2 Å². The van der Waals surface area contributed by atoms with Gasteiger partial charge in [0.2, 0.25) is 5.91 Å². The summed E-state index contributed by atoms with van der Waals surface area (Å²) in [6.45, 7) is 6.36. The lowest BCUT2D eigenvalue weighted by molar-refractivity contribution is -0.115. The molecular weight excluding hydrogens is 320 g/mol. The maximum absolute atomic E-state index is 13.3. The van der Waals surface area contributed by atoms with E-state index in [1.165, 1.54) is 17.4 Å². The minimum absolute atomic E-state index is 0.0433. The number of aromatic nitrogens is 1. The fraction of sp³-hybridized carbons (Fsp3) is 0.375. The van der Waals surface area contributed by atoms with Gasteiger partial charge in [0.05, 0.1) is 12.2 Å². The Kier molecular flexibility index (Phi) is 5.65. The second-order valence-corrected chi connectivity index (χ2v) is 6.24. The second kappa shape index (κ2) is 7.50. The molecule has 1 aromatic heterocycles. The number of halogens is 2. The van der Waals surface area contributed by atoms with E-state index in [-0.39, 0.29) is 12.5 Å². The van der Waals surface area contributed by atoms with Crippen LogP contribution in [0.4, 0.5) is 19.6 Å². The molecule has 2 aromatic rings. The summed E-state index contributed by atoms with van der Waals surface area (Å²) in [6.07, 6.45) is 0.814. The van der Waals surface area contributed by atoms with Gasteiger partial charge in [0.25, 0.3) is 0 Å². The molecule has 0 aliphatic heterocycles. The van der Waals surface area contributed by atoms with Gasteiger partial charge in [0.1, 0.15) is 0 Å². The van der Waals surface area contributed by atoms with E-state index in [0.29, 0.717) is 17.4 Å². The molecule has 4 nitrogen and oxygen atoms in total. The molecule has 0 aliphatic carbocycles. The highest BCUT2D eigenvalue weighted by molar-refractivity contribution is 7.15. The molecule has 0 aliphatic rings. The van der Waals surface area contributed by atoms with Gasteiger partial charge in [-0.3, -0.25) is 4.79 Å². The number of rotatable bonds is 6. The van der Waals surface area contributed by atoms with Crippen LogP contribution in [0.15, 0.2) is 18.2 Å². The van der Waals surface area contributed by atoms with E-state index in [2.05, 4.69) is 10.3 Å². The molecule has 0 atom stereocenters. The standard InChI is InChI=1S/C16H19F2N3OS/c1-4-14-10(3)23-16(19-14)20-15(22)9-21(5-2)11-6-7-12(17)13(18)8-11/h6-8H,4-5,9H2,1-3H3,(H,19,20,22). The largest absolute Gasteiger partial charge is 0.362 e. The Morgan fingerprint density at radius 2 is 2.04 bits per heavy atom. The molecule has 0 saturated heterocycles. The predicted molar refractivity (Wildman–Crippen MR) is 89.1 cm³/mol. The number of amides is 1. The molecule has 0 radical (unpaired) electrons. The average Bonchev–Trinajstić information content (AvgIpc) is 2.87. The van der Waals surface area contributed by atoms with E-state index in [9.17, 15) is 13.6 Å². The summed E-state index contributed by atoms with van der Waals surface area (Å²) in [7, 11) is 0. The van der Waals surface area contributed by atoms with Gasteiger partial charge in [0.15, 0.2) is 16.8 Å². The molecule has 23 heavy (non-hydrogen) atoms. The molecule has 7 heteroatoms. The monoisotopic (exact) mass is 339 g/mol. The van der Waals surface area contributed by atoms with Crippen molar-refractivity contribution in [2.24, 2.45) is 0 Å². The number of aryl methyl sites for hydroxylation is 2. The Hall–Kier alpha value is -2.02. The summed E-state index contributed by atoms with van der Waals surface area (Å²) in [5.41, 5.74) is 1.43. The first-order valence-electron chi connectivity index (χ1n) is 7.40. The molecule has 1 heterocycles. The van der Waals surface area contributed by atoms with Crippen molar-refractivity contribution in [1.82, 2.24) is 4.98 Å². The summed E-state index contributed by atoms with van der Waals surface area (Å²) in [5, 5.41) is 3.32. The average molecular weight is 339 g/mol. The maximum Gasteiger partial charge on any atom is 0.245 e. The Bertz CT molecular complexity index is 703. The SMILES string of the molecule is CCc1nc(NC(=O)CN(CC)c2ccc(F)c(F)c2)sc1C. The van der Waals surface area contributed by atoms with Crippen molar-refractivity contribution < 1.29 is 13.6 Å². The number of nitrogens with zero attached hydrogens (tertiary/aromatic N) is 2. The van der Waals surface area contributed by atoms with Crippen molar-refractivity contribution in [1.29, 1.82) is 0 Å². The van der Waals surface area contributed by atoms with Crippen molar-refractivity contribution >= 4 is 28.1 Å². The van der Waals surface area contributed by atoms with Crippen molar-refractivity contribution in [2.45, 2.75) is 27.2 Å². The quantitative estimate of drug-likeness (QED) is 0.872. The van der Waals surface area contributed by atoms with Crippen LogP contribution in [0.3, 0.4) is 0 Å². The van der Waals surface area contributed by atoms with Crippen LogP contribution in [0.5, 0.6) is 0 Å². The lowest BCUT2D eigenvalue weighted by Gasteiger charge is -2.22. The number of likely N-dealkylation sites (N-methyl/N-ethyl adjacent to an activating group) is 1. The molecule has 0 saturated carbocycles. The van der Waals surface area contributed by atoms with Crippen LogP contribution < -0.4 is 10.2 Å². The van der Waals surface area contributed by atoms with E-state index in [1.807, 2.05) is 20.8 Å². The summed E-state index contributed by atoms with van der Waals surface area (Å²) in [5.74, 6) is -2.07. The Morgan fingerprint density at radius 3 is 2.61 bits per heavy atom. The Labute approximate surface area is 138 Å². The lowest BCUT2D eigenvalue weighted by Crippen LogP contribution is -2.33. The topological polar surface area (TPSA) is 45.2 Å². The number of carbonyl (C=O) groups excluding carboxylic acids is 1. The highest BCUT2D eigenvalue weighted by Gasteiger charge is 2.14. The summed E-state index contributed by atoms with van der Waals surface area (Å²) in [4.78, 5) is 19.3. The molecule has 0 spiro atoms. The first-order chi connectivity index (χ1) is 10.9. The zero-order valence-corrected chi connectivity index (χ0v) is 14.1. The smallest absolute Gasteiger partial charge is 0.245 e. The third kappa shape index (κ3) is 4.25. The number of thiazole rings is 1. The molecule has 124 valence electrons. The number of anilines is 2. The Morgan fingerprint density at radius 1 is 1.30 bits per heavy atom. The van der Waals surface area contributed by atoms with Crippen LogP contribution >= 0.6 is 11.3 Å². The number of carbonyl (C=O) groups is 1. The van der Waals surface area contributed by atoms with E-state index in [0.717, 1.165) is 29.1 Å². The summed E-state index contributed by atoms with van der Waals surface area (Å²) in [6, 6.07) is 3.61. The first kappa shape index (κ1) is 17.3. The van der Waals surface area contributed by atoms with E-state index < -0.39 is 11.6 Å². The van der Waals surface area contributed by atoms with Crippen LogP contribution in [-0.2, 0) is 11.2 Å². The van der Waals surface area contributed by atoms with Crippen molar-refractivity contribution in [3.63, 3.8) is 0 Å². The van der Waals surface area contributed by atoms with Crippen molar-refractivity contribution in [3.8, 4) is 0 Å². The molecule has 0 unspecified atom stereocenters.